The number of fused-ring (bicyclic) bond motifs is 3. The smallest absolute Gasteiger partial charge is 0.253 e. The van der Waals surface area contributed by atoms with E-state index in [9.17, 15) is 4.79 Å². The molecule has 1 N–H and O–H groups in total. The van der Waals surface area contributed by atoms with Gasteiger partial charge in [0.25, 0.3) is 5.91 Å². The Balaban J connectivity index is 1.52. The maximum absolute atomic E-state index is 12.7. The van der Waals surface area contributed by atoms with Gasteiger partial charge in [0.05, 0.1) is 15.9 Å². The monoisotopic (exact) mass is 376 g/mol. The second-order valence-electron chi connectivity index (χ2n) is 6.97. The number of thiazole rings is 1. The second-order valence-corrected chi connectivity index (χ2v) is 7.98. The number of carbonyl (C=O) groups is 1. The zero-order chi connectivity index (χ0) is 18.4. The molecular weight excluding hydrogens is 356 g/mol. The molecule has 27 heavy (non-hydrogen) atoms. The number of carbonyl (C=O) groups excluding carboxylic acids is 1. The number of benzene rings is 2. The summed E-state index contributed by atoms with van der Waals surface area (Å²) in [5, 5.41) is 3.28. The van der Waals surface area contributed by atoms with Gasteiger partial charge in [-0.3, -0.25) is 9.20 Å². The van der Waals surface area contributed by atoms with Crippen LogP contribution in [0.25, 0.3) is 26.4 Å². The molecule has 0 bridgehead atoms. The number of amides is 1. The summed E-state index contributed by atoms with van der Waals surface area (Å²) in [6.07, 6.45) is 2.08. The van der Waals surface area contributed by atoms with Gasteiger partial charge in [0.15, 0.2) is 4.96 Å². The molecular formula is C21H20N4OS. The van der Waals surface area contributed by atoms with E-state index < -0.39 is 0 Å². The number of hydrogen-bond donors (Lipinski definition) is 1. The lowest BCUT2D eigenvalue weighted by Crippen LogP contribution is -2.46. The molecule has 6 heteroatoms. The van der Waals surface area contributed by atoms with Gasteiger partial charge in [-0.2, -0.15) is 0 Å². The van der Waals surface area contributed by atoms with Crippen molar-refractivity contribution in [2.75, 3.05) is 26.2 Å². The van der Waals surface area contributed by atoms with Gasteiger partial charge >= 0.3 is 0 Å². The topological polar surface area (TPSA) is 49.6 Å². The first-order chi connectivity index (χ1) is 13.2. The Bertz CT molecular complexity index is 1150. The summed E-state index contributed by atoms with van der Waals surface area (Å²) in [6, 6.07) is 14.4. The third-order valence-electron chi connectivity index (χ3n) is 5.06. The van der Waals surface area contributed by atoms with E-state index in [1.54, 1.807) is 11.3 Å². The Hall–Kier alpha value is -2.70. The van der Waals surface area contributed by atoms with Gasteiger partial charge in [-0.1, -0.05) is 35.1 Å². The summed E-state index contributed by atoms with van der Waals surface area (Å²) < 4.78 is 3.21. The lowest BCUT2D eigenvalue weighted by Gasteiger charge is -2.27. The van der Waals surface area contributed by atoms with Crippen molar-refractivity contribution in [2.24, 2.45) is 0 Å². The minimum Gasteiger partial charge on any atom is -0.336 e. The van der Waals surface area contributed by atoms with E-state index in [4.69, 9.17) is 4.98 Å². The SMILES string of the molecule is Cc1cccc(-c2cn3c(n2)sc2cc(C(=O)N4CCNCC4)ccc23)c1. The summed E-state index contributed by atoms with van der Waals surface area (Å²) >= 11 is 1.63. The van der Waals surface area contributed by atoms with Crippen molar-refractivity contribution in [3.8, 4) is 11.3 Å². The molecule has 1 fully saturated rings. The molecule has 5 rings (SSSR count). The third-order valence-corrected chi connectivity index (χ3v) is 6.08. The number of piperazine rings is 1. The number of aromatic nitrogens is 2. The first-order valence-corrected chi connectivity index (χ1v) is 9.99. The quantitative estimate of drug-likeness (QED) is 0.582. The van der Waals surface area contributed by atoms with E-state index in [1.165, 1.54) is 5.56 Å². The molecule has 1 saturated heterocycles. The van der Waals surface area contributed by atoms with Crippen molar-refractivity contribution < 1.29 is 4.79 Å². The average molecular weight is 376 g/mol. The fourth-order valence-corrected chi connectivity index (χ4v) is 4.68. The molecule has 1 aliphatic heterocycles. The summed E-state index contributed by atoms with van der Waals surface area (Å²) in [4.78, 5) is 20.4. The fraction of sp³-hybridized carbons (Fsp3) is 0.238. The molecule has 136 valence electrons. The van der Waals surface area contributed by atoms with Crippen molar-refractivity contribution in [1.82, 2.24) is 19.6 Å². The van der Waals surface area contributed by atoms with Crippen LogP contribution < -0.4 is 5.32 Å². The molecule has 4 aromatic rings. The summed E-state index contributed by atoms with van der Waals surface area (Å²) in [5.74, 6) is 0.116. The molecule has 0 saturated carbocycles. The van der Waals surface area contributed by atoms with Crippen LogP contribution in [0.15, 0.2) is 48.7 Å². The largest absolute Gasteiger partial charge is 0.336 e. The normalized spacial score (nSPS) is 14.9. The molecule has 2 aromatic carbocycles. The van der Waals surface area contributed by atoms with Gasteiger partial charge in [0, 0.05) is 43.5 Å². The van der Waals surface area contributed by atoms with Gasteiger partial charge in [-0.25, -0.2) is 4.98 Å². The standard InChI is InChI=1S/C21H20N4OS/c1-14-3-2-4-15(11-14)17-13-25-18-6-5-16(12-19(18)27-21(25)23-17)20(26)24-9-7-22-8-10-24/h2-6,11-13,22H,7-10H2,1H3. The maximum Gasteiger partial charge on any atom is 0.253 e. The molecule has 0 spiro atoms. The van der Waals surface area contributed by atoms with Crippen LogP contribution in [0.3, 0.4) is 0 Å². The van der Waals surface area contributed by atoms with Crippen LogP contribution in [0.2, 0.25) is 0 Å². The molecule has 5 nitrogen and oxygen atoms in total. The van der Waals surface area contributed by atoms with Gasteiger partial charge in [0.2, 0.25) is 0 Å². The Labute approximate surface area is 161 Å². The van der Waals surface area contributed by atoms with E-state index in [2.05, 4.69) is 47.1 Å². The lowest BCUT2D eigenvalue weighted by atomic mass is 10.1. The Morgan fingerprint density at radius 3 is 2.81 bits per heavy atom. The van der Waals surface area contributed by atoms with Crippen LogP contribution >= 0.6 is 11.3 Å². The highest BCUT2D eigenvalue weighted by atomic mass is 32.1. The molecule has 0 atom stereocenters. The zero-order valence-electron chi connectivity index (χ0n) is 15.1. The van der Waals surface area contributed by atoms with Crippen molar-refractivity contribution in [3.63, 3.8) is 0 Å². The first-order valence-electron chi connectivity index (χ1n) is 9.18. The minimum absolute atomic E-state index is 0.116. The molecule has 1 aliphatic rings. The molecule has 2 aromatic heterocycles. The highest BCUT2D eigenvalue weighted by molar-refractivity contribution is 7.23. The van der Waals surface area contributed by atoms with E-state index in [0.29, 0.717) is 0 Å². The Kier molecular flexibility index (Phi) is 3.95. The van der Waals surface area contributed by atoms with Crippen molar-refractivity contribution >= 4 is 32.4 Å². The van der Waals surface area contributed by atoms with Crippen LogP contribution in [-0.4, -0.2) is 46.4 Å². The number of nitrogens with one attached hydrogen (secondary N) is 1. The summed E-state index contributed by atoms with van der Waals surface area (Å²) in [5.41, 5.74) is 5.19. The van der Waals surface area contributed by atoms with Gasteiger partial charge in [-0.05, 0) is 31.2 Å². The van der Waals surface area contributed by atoms with Crippen LogP contribution in [0.4, 0.5) is 0 Å². The van der Waals surface area contributed by atoms with Crippen LogP contribution in [0.5, 0.6) is 0 Å². The van der Waals surface area contributed by atoms with Crippen LogP contribution in [0, 0.1) is 6.92 Å². The number of hydrogen-bond acceptors (Lipinski definition) is 4. The highest BCUT2D eigenvalue weighted by Gasteiger charge is 2.19. The number of imidazole rings is 1. The number of rotatable bonds is 2. The van der Waals surface area contributed by atoms with E-state index in [1.807, 2.05) is 23.1 Å². The molecule has 0 unspecified atom stereocenters. The van der Waals surface area contributed by atoms with Gasteiger partial charge in [0.1, 0.15) is 0 Å². The first kappa shape index (κ1) is 16.5. The lowest BCUT2D eigenvalue weighted by molar-refractivity contribution is 0.0736. The Morgan fingerprint density at radius 2 is 2.00 bits per heavy atom. The van der Waals surface area contributed by atoms with Gasteiger partial charge < -0.3 is 10.2 Å². The predicted molar refractivity (Wildman–Crippen MR) is 110 cm³/mol. The molecule has 3 heterocycles. The van der Waals surface area contributed by atoms with E-state index in [-0.39, 0.29) is 5.91 Å². The maximum atomic E-state index is 12.7. The van der Waals surface area contributed by atoms with Gasteiger partial charge in [-0.15, -0.1) is 0 Å². The predicted octanol–water partition coefficient (Wildman–Crippen LogP) is 3.57. The Morgan fingerprint density at radius 1 is 1.15 bits per heavy atom. The second kappa shape index (κ2) is 6.48. The molecule has 0 aliphatic carbocycles. The van der Waals surface area contributed by atoms with Crippen molar-refractivity contribution in [1.29, 1.82) is 0 Å². The van der Waals surface area contributed by atoms with Crippen molar-refractivity contribution in [2.45, 2.75) is 6.92 Å². The minimum atomic E-state index is 0.116. The number of aryl methyl sites for hydroxylation is 1. The fourth-order valence-electron chi connectivity index (χ4n) is 3.63. The third kappa shape index (κ3) is 2.91. The molecule has 1 amide bonds. The van der Waals surface area contributed by atoms with Crippen LogP contribution in [-0.2, 0) is 0 Å². The van der Waals surface area contributed by atoms with Crippen LogP contribution in [0.1, 0.15) is 15.9 Å². The number of nitrogens with zero attached hydrogens (tertiary/aromatic N) is 3. The van der Waals surface area contributed by atoms with E-state index in [0.717, 1.165) is 58.2 Å². The summed E-state index contributed by atoms with van der Waals surface area (Å²) in [7, 11) is 0. The van der Waals surface area contributed by atoms with E-state index >= 15 is 0 Å². The van der Waals surface area contributed by atoms with Crippen molar-refractivity contribution in [3.05, 3.63) is 59.8 Å². The zero-order valence-corrected chi connectivity index (χ0v) is 15.9. The summed E-state index contributed by atoms with van der Waals surface area (Å²) in [6.45, 7) is 5.36. The molecule has 0 radical (unpaired) electrons. The average Bonchev–Trinajstić information content (AvgIpc) is 3.25. The highest BCUT2D eigenvalue weighted by Crippen LogP contribution is 2.30.